The molecule has 0 N–H and O–H groups in total. The lowest BCUT2D eigenvalue weighted by atomic mass is 10.2. The number of ether oxygens (including phenoxy) is 1. The van der Waals surface area contributed by atoms with E-state index in [-0.39, 0.29) is 5.91 Å². The predicted octanol–water partition coefficient (Wildman–Crippen LogP) is 2.69. The van der Waals surface area contributed by atoms with Gasteiger partial charge in [-0.3, -0.25) is 4.79 Å². The number of aliphatic imine (C=N–C) groups is 1. The molecule has 2 aliphatic heterocycles. The van der Waals surface area contributed by atoms with E-state index in [1.54, 1.807) is 0 Å². The van der Waals surface area contributed by atoms with Gasteiger partial charge in [0.2, 0.25) is 0 Å². The van der Waals surface area contributed by atoms with Crippen LogP contribution in [0, 0.1) is 0 Å². The van der Waals surface area contributed by atoms with Gasteiger partial charge in [0.15, 0.2) is 5.17 Å². The standard InChI is InChI=1S/C18H23N3O2S/c1-3-20-9-11-21(12-10-20)18-19-17(22)16(24-18)13-14-5-7-15(8-6-14)23-4-2/h5-8,13H,3-4,9-12H2,1-2H3/b16-13-. The van der Waals surface area contributed by atoms with Gasteiger partial charge in [-0.1, -0.05) is 19.1 Å². The van der Waals surface area contributed by atoms with Crippen molar-refractivity contribution in [2.24, 2.45) is 4.99 Å². The highest BCUT2D eigenvalue weighted by molar-refractivity contribution is 8.18. The third-order valence-electron chi connectivity index (χ3n) is 4.19. The third kappa shape index (κ3) is 3.99. The number of rotatable bonds is 4. The molecule has 0 unspecified atom stereocenters. The Bertz CT molecular complexity index is 647. The lowest BCUT2D eigenvalue weighted by Gasteiger charge is -2.34. The van der Waals surface area contributed by atoms with Crippen molar-refractivity contribution in [1.29, 1.82) is 0 Å². The first-order valence-electron chi connectivity index (χ1n) is 8.42. The summed E-state index contributed by atoms with van der Waals surface area (Å²) in [5, 5.41) is 0.841. The zero-order valence-corrected chi connectivity index (χ0v) is 15.0. The molecule has 0 aromatic heterocycles. The quantitative estimate of drug-likeness (QED) is 0.785. The number of benzene rings is 1. The maximum Gasteiger partial charge on any atom is 0.286 e. The number of nitrogens with zero attached hydrogens (tertiary/aromatic N) is 3. The molecule has 1 amide bonds. The first kappa shape index (κ1) is 17.0. The smallest absolute Gasteiger partial charge is 0.286 e. The van der Waals surface area contributed by atoms with E-state index in [0.717, 1.165) is 49.2 Å². The molecule has 128 valence electrons. The molecule has 0 atom stereocenters. The second kappa shape index (κ2) is 7.85. The molecule has 1 fully saturated rings. The summed E-state index contributed by atoms with van der Waals surface area (Å²) in [6, 6.07) is 7.77. The van der Waals surface area contributed by atoms with Crippen LogP contribution < -0.4 is 4.74 Å². The molecule has 2 heterocycles. The van der Waals surface area contributed by atoms with Crippen molar-refractivity contribution >= 4 is 28.9 Å². The molecule has 2 aliphatic rings. The molecule has 1 aromatic carbocycles. The maximum absolute atomic E-state index is 12.2. The van der Waals surface area contributed by atoms with Gasteiger partial charge in [-0.05, 0) is 49.0 Å². The van der Waals surface area contributed by atoms with Crippen LogP contribution in [0.15, 0.2) is 34.2 Å². The number of carbonyl (C=O) groups excluding carboxylic acids is 1. The van der Waals surface area contributed by atoms with E-state index < -0.39 is 0 Å². The lowest BCUT2D eigenvalue weighted by molar-refractivity contribution is -0.113. The van der Waals surface area contributed by atoms with Gasteiger partial charge < -0.3 is 14.5 Å². The summed E-state index contributed by atoms with van der Waals surface area (Å²) in [4.78, 5) is 21.7. The monoisotopic (exact) mass is 345 g/mol. The summed E-state index contributed by atoms with van der Waals surface area (Å²) >= 11 is 1.48. The summed E-state index contributed by atoms with van der Waals surface area (Å²) in [6.07, 6.45) is 1.90. The highest BCUT2D eigenvalue weighted by atomic mass is 32.2. The Morgan fingerprint density at radius 3 is 2.50 bits per heavy atom. The zero-order chi connectivity index (χ0) is 16.9. The van der Waals surface area contributed by atoms with Crippen molar-refractivity contribution in [2.45, 2.75) is 13.8 Å². The van der Waals surface area contributed by atoms with Gasteiger partial charge in [0, 0.05) is 26.2 Å². The molecule has 3 rings (SSSR count). The van der Waals surface area contributed by atoms with E-state index in [4.69, 9.17) is 4.74 Å². The average molecular weight is 345 g/mol. The van der Waals surface area contributed by atoms with Gasteiger partial charge in [-0.2, -0.15) is 4.99 Å². The van der Waals surface area contributed by atoms with Gasteiger partial charge in [-0.25, -0.2) is 0 Å². The number of amidine groups is 1. The highest BCUT2D eigenvalue weighted by Crippen LogP contribution is 2.31. The van der Waals surface area contributed by atoms with Crippen molar-refractivity contribution in [3.63, 3.8) is 0 Å². The van der Waals surface area contributed by atoms with E-state index in [1.165, 1.54) is 11.8 Å². The van der Waals surface area contributed by atoms with Crippen LogP contribution in [-0.4, -0.2) is 60.2 Å². The van der Waals surface area contributed by atoms with Crippen molar-refractivity contribution in [1.82, 2.24) is 9.80 Å². The van der Waals surface area contributed by atoms with Crippen LogP contribution in [0.5, 0.6) is 5.75 Å². The minimum atomic E-state index is -0.137. The molecule has 1 aromatic rings. The third-order valence-corrected chi connectivity index (χ3v) is 5.23. The Hall–Kier alpha value is -1.79. The highest BCUT2D eigenvalue weighted by Gasteiger charge is 2.28. The van der Waals surface area contributed by atoms with Crippen LogP contribution in [0.4, 0.5) is 0 Å². The zero-order valence-electron chi connectivity index (χ0n) is 14.2. The number of likely N-dealkylation sites (N-methyl/N-ethyl adjacent to an activating group) is 1. The summed E-state index contributed by atoms with van der Waals surface area (Å²) in [6.45, 7) is 9.80. The van der Waals surface area contributed by atoms with Crippen LogP contribution in [0.2, 0.25) is 0 Å². The van der Waals surface area contributed by atoms with Crippen molar-refractivity contribution in [3.05, 3.63) is 34.7 Å². The lowest BCUT2D eigenvalue weighted by Crippen LogP contribution is -2.47. The summed E-state index contributed by atoms with van der Waals surface area (Å²) in [7, 11) is 0. The molecular weight excluding hydrogens is 322 g/mol. The Kier molecular flexibility index (Phi) is 5.58. The molecule has 0 spiro atoms. The normalized spacial score (nSPS) is 20.6. The van der Waals surface area contributed by atoms with Crippen molar-refractivity contribution in [2.75, 3.05) is 39.3 Å². The second-order valence-electron chi connectivity index (χ2n) is 5.73. The number of carbonyl (C=O) groups is 1. The van der Waals surface area contributed by atoms with Crippen LogP contribution in [0.1, 0.15) is 19.4 Å². The number of amides is 1. The van der Waals surface area contributed by atoms with Crippen LogP contribution in [0.25, 0.3) is 6.08 Å². The summed E-state index contributed by atoms with van der Waals surface area (Å²) in [5.74, 6) is 0.706. The van der Waals surface area contributed by atoms with Gasteiger partial charge in [0.1, 0.15) is 5.75 Å². The number of thioether (sulfide) groups is 1. The number of piperazine rings is 1. The molecule has 0 aliphatic carbocycles. The predicted molar refractivity (Wildman–Crippen MR) is 99.3 cm³/mol. The fraction of sp³-hybridized carbons (Fsp3) is 0.444. The van der Waals surface area contributed by atoms with Crippen LogP contribution in [-0.2, 0) is 4.79 Å². The molecule has 0 radical (unpaired) electrons. The largest absolute Gasteiger partial charge is 0.494 e. The Balaban J connectivity index is 1.64. The minimum Gasteiger partial charge on any atom is -0.494 e. The van der Waals surface area contributed by atoms with Crippen molar-refractivity contribution < 1.29 is 9.53 Å². The number of hydrogen-bond acceptors (Lipinski definition) is 5. The maximum atomic E-state index is 12.2. The van der Waals surface area contributed by atoms with Gasteiger partial charge >= 0.3 is 0 Å². The van der Waals surface area contributed by atoms with E-state index >= 15 is 0 Å². The average Bonchev–Trinajstić information content (AvgIpc) is 2.98. The molecule has 6 heteroatoms. The van der Waals surface area contributed by atoms with Crippen LogP contribution >= 0.6 is 11.8 Å². The fourth-order valence-corrected chi connectivity index (χ4v) is 3.73. The molecule has 0 saturated carbocycles. The van der Waals surface area contributed by atoms with Gasteiger partial charge in [-0.15, -0.1) is 0 Å². The fourth-order valence-electron chi connectivity index (χ4n) is 2.77. The number of hydrogen-bond donors (Lipinski definition) is 0. The van der Waals surface area contributed by atoms with E-state index in [0.29, 0.717) is 11.5 Å². The molecule has 0 bridgehead atoms. The second-order valence-corrected chi connectivity index (χ2v) is 6.74. The van der Waals surface area contributed by atoms with E-state index in [2.05, 4.69) is 21.7 Å². The first-order chi connectivity index (χ1) is 11.7. The summed E-state index contributed by atoms with van der Waals surface area (Å²) in [5.41, 5.74) is 0.988. The van der Waals surface area contributed by atoms with E-state index in [1.807, 2.05) is 37.3 Å². The van der Waals surface area contributed by atoms with Crippen LogP contribution in [0.3, 0.4) is 0 Å². The van der Waals surface area contributed by atoms with E-state index in [9.17, 15) is 4.79 Å². The minimum absolute atomic E-state index is 0.137. The van der Waals surface area contributed by atoms with Crippen molar-refractivity contribution in [3.8, 4) is 5.75 Å². The Morgan fingerprint density at radius 1 is 1.17 bits per heavy atom. The molecular formula is C18H23N3O2S. The van der Waals surface area contributed by atoms with Gasteiger partial charge in [0.25, 0.3) is 5.91 Å². The van der Waals surface area contributed by atoms with Gasteiger partial charge in [0.05, 0.1) is 11.5 Å². The Labute approximate surface area is 147 Å². The molecule has 24 heavy (non-hydrogen) atoms. The molecule has 5 nitrogen and oxygen atoms in total. The summed E-state index contributed by atoms with van der Waals surface area (Å²) < 4.78 is 5.44. The first-order valence-corrected chi connectivity index (χ1v) is 9.24. The SMILES string of the molecule is CCOc1ccc(/C=C2\SC(N3CCN(CC)CC3)=NC2=O)cc1. The topological polar surface area (TPSA) is 45.1 Å². The Morgan fingerprint density at radius 2 is 1.88 bits per heavy atom. The molecule has 1 saturated heterocycles.